The van der Waals surface area contributed by atoms with Crippen LogP contribution in [0.2, 0.25) is 10.0 Å². The average molecular weight is 554 g/mol. The predicted octanol–water partition coefficient (Wildman–Crippen LogP) is 6.35. The van der Waals surface area contributed by atoms with Gasteiger partial charge in [0.25, 0.3) is 0 Å². The van der Waals surface area contributed by atoms with Gasteiger partial charge < -0.3 is 19.8 Å². The molecule has 0 saturated heterocycles. The SMILES string of the molecule is CCOC(=O)C1=C(c2ccccc2)NC(SCC(=O)Nc2ccc(Cl)cc2Cl)=C(C#N)[C@H]1c1ccco1. The number of hydrogen-bond acceptors (Lipinski definition) is 7. The van der Waals surface area contributed by atoms with Gasteiger partial charge in [-0.1, -0.05) is 65.3 Å². The quantitative estimate of drug-likeness (QED) is 0.313. The molecule has 2 heterocycles. The molecule has 7 nitrogen and oxygen atoms in total. The van der Waals surface area contributed by atoms with Crippen LogP contribution in [0.4, 0.5) is 5.69 Å². The minimum Gasteiger partial charge on any atom is -0.468 e. The van der Waals surface area contributed by atoms with Gasteiger partial charge in [-0.3, -0.25) is 4.79 Å². The molecular formula is C27H21Cl2N3O4S. The molecule has 188 valence electrons. The Balaban J connectivity index is 1.70. The van der Waals surface area contributed by atoms with Crippen LogP contribution in [0.15, 0.2) is 87.5 Å². The highest BCUT2D eigenvalue weighted by Crippen LogP contribution is 2.43. The Morgan fingerprint density at radius 1 is 1.16 bits per heavy atom. The van der Waals surface area contributed by atoms with E-state index in [2.05, 4.69) is 16.7 Å². The van der Waals surface area contributed by atoms with Crippen molar-refractivity contribution in [3.05, 3.63) is 104 Å². The third-order valence-corrected chi connectivity index (χ3v) is 6.95. The molecule has 0 radical (unpaired) electrons. The molecule has 37 heavy (non-hydrogen) atoms. The molecule has 0 unspecified atom stereocenters. The van der Waals surface area contributed by atoms with E-state index in [1.54, 1.807) is 31.2 Å². The monoisotopic (exact) mass is 553 g/mol. The van der Waals surface area contributed by atoms with E-state index in [9.17, 15) is 14.9 Å². The number of nitrogens with one attached hydrogen (secondary N) is 2. The van der Waals surface area contributed by atoms with Gasteiger partial charge in [0.15, 0.2) is 0 Å². The number of dihydropyridines is 1. The van der Waals surface area contributed by atoms with Gasteiger partial charge in [-0.05, 0) is 42.8 Å². The Kier molecular flexibility index (Phi) is 8.62. The van der Waals surface area contributed by atoms with E-state index >= 15 is 0 Å². The molecule has 0 fully saturated rings. The lowest BCUT2D eigenvalue weighted by atomic mass is 9.84. The molecule has 1 aromatic heterocycles. The van der Waals surface area contributed by atoms with Gasteiger partial charge >= 0.3 is 5.97 Å². The smallest absolute Gasteiger partial charge is 0.337 e. The van der Waals surface area contributed by atoms with Crippen molar-refractivity contribution >= 4 is 58.2 Å². The predicted molar refractivity (Wildman–Crippen MR) is 145 cm³/mol. The van der Waals surface area contributed by atoms with Crippen molar-refractivity contribution in [1.82, 2.24) is 5.32 Å². The first-order valence-electron chi connectivity index (χ1n) is 11.2. The molecule has 2 aromatic carbocycles. The van der Waals surface area contributed by atoms with Gasteiger partial charge in [-0.2, -0.15) is 5.26 Å². The topological polar surface area (TPSA) is 104 Å². The van der Waals surface area contributed by atoms with Crippen molar-refractivity contribution < 1.29 is 18.7 Å². The normalized spacial score (nSPS) is 15.1. The van der Waals surface area contributed by atoms with Crippen LogP contribution in [-0.2, 0) is 14.3 Å². The second-order valence-electron chi connectivity index (χ2n) is 7.76. The summed E-state index contributed by atoms with van der Waals surface area (Å²) in [4.78, 5) is 25.9. The van der Waals surface area contributed by atoms with Crippen molar-refractivity contribution in [1.29, 1.82) is 5.26 Å². The van der Waals surface area contributed by atoms with Crippen LogP contribution in [0.1, 0.15) is 24.2 Å². The highest BCUT2D eigenvalue weighted by atomic mass is 35.5. The third-order valence-electron chi connectivity index (χ3n) is 5.39. The maximum absolute atomic E-state index is 13.2. The molecule has 2 N–H and O–H groups in total. The van der Waals surface area contributed by atoms with Crippen LogP contribution in [0.25, 0.3) is 5.70 Å². The number of esters is 1. The summed E-state index contributed by atoms with van der Waals surface area (Å²) in [5.41, 5.74) is 2.10. The van der Waals surface area contributed by atoms with Gasteiger partial charge in [0.2, 0.25) is 5.91 Å². The molecule has 1 amide bonds. The number of carbonyl (C=O) groups is 2. The van der Waals surface area contributed by atoms with Crippen molar-refractivity contribution in [3.8, 4) is 6.07 Å². The number of hydrogen-bond donors (Lipinski definition) is 2. The first kappa shape index (κ1) is 26.4. The number of benzene rings is 2. The zero-order chi connectivity index (χ0) is 26.4. The molecule has 10 heteroatoms. The molecular weight excluding hydrogens is 533 g/mol. The standard InChI is InChI=1S/C27H21Cl2N3O4S/c1-2-35-27(34)24-23(21-9-6-12-36-21)18(14-30)26(32-25(24)16-7-4-3-5-8-16)37-15-22(33)31-20-11-10-17(28)13-19(20)29/h3-13,23,32H,2,15H2,1H3,(H,31,33)/t23-/m0/s1. The fraction of sp³-hybridized carbons (Fsp3) is 0.148. The Bertz CT molecular complexity index is 1410. The van der Waals surface area contributed by atoms with Crippen LogP contribution in [0.3, 0.4) is 0 Å². The number of furan rings is 1. The van der Waals surface area contributed by atoms with E-state index in [-0.39, 0.29) is 29.4 Å². The van der Waals surface area contributed by atoms with Crippen molar-refractivity contribution in [2.24, 2.45) is 0 Å². The third kappa shape index (κ3) is 6.03. The van der Waals surface area contributed by atoms with Gasteiger partial charge in [-0.15, -0.1) is 0 Å². The highest BCUT2D eigenvalue weighted by Gasteiger charge is 2.38. The lowest BCUT2D eigenvalue weighted by Crippen LogP contribution is -2.29. The van der Waals surface area contributed by atoms with E-state index in [1.165, 1.54) is 12.3 Å². The molecule has 0 saturated carbocycles. The molecule has 4 rings (SSSR count). The molecule has 1 aliphatic heterocycles. The maximum Gasteiger partial charge on any atom is 0.337 e. The maximum atomic E-state index is 13.2. The Morgan fingerprint density at radius 3 is 2.59 bits per heavy atom. The number of rotatable bonds is 8. The zero-order valence-corrected chi connectivity index (χ0v) is 21.9. The summed E-state index contributed by atoms with van der Waals surface area (Å²) < 4.78 is 11.0. The Hall–Kier alpha value is -3.64. The molecule has 3 aromatic rings. The lowest BCUT2D eigenvalue weighted by molar-refractivity contribution is -0.138. The van der Waals surface area contributed by atoms with Crippen LogP contribution in [0, 0.1) is 11.3 Å². The summed E-state index contributed by atoms with van der Waals surface area (Å²) in [5, 5.41) is 17.3. The second-order valence-corrected chi connectivity index (χ2v) is 9.59. The number of ether oxygens (including phenoxy) is 1. The van der Waals surface area contributed by atoms with E-state index in [1.807, 2.05) is 30.3 Å². The Morgan fingerprint density at radius 2 is 1.95 bits per heavy atom. The number of nitrogens with zero attached hydrogens (tertiary/aromatic N) is 1. The van der Waals surface area contributed by atoms with Crippen molar-refractivity contribution in [3.63, 3.8) is 0 Å². The fourth-order valence-electron chi connectivity index (χ4n) is 3.81. The largest absolute Gasteiger partial charge is 0.468 e. The molecule has 1 aliphatic rings. The Labute approximate surface area is 228 Å². The van der Waals surface area contributed by atoms with Gasteiger partial charge in [0.1, 0.15) is 5.76 Å². The van der Waals surface area contributed by atoms with E-state index in [4.69, 9.17) is 32.4 Å². The number of carbonyl (C=O) groups excluding carboxylic acids is 2. The first-order chi connectivity index (χ1) is 17.9. The number of nitriles is 1. The van der Waals surface area contributed by atoms with Crippen molar-refractivity contribution in [2.75, 3.05) is 17.7 Å². The number of halogens is 2. The number of amides is 1. The van der Waals surface area contributed by atoms with Crippen molar-refractivity contribution in [2.45, 2.75) is 12.8 Å². The second kappa shape index (κ2) is 12.1. The average Bonchev–Trinajstić information content (AvgIpc) is 3.43. The van der Waals surface area contributed by atoms with E-state index in [0.717, 1.165) is 17.3 Å². The lowest BCUT2D eigenvalue weighted by Gasteiger charge is -2.29. The van der Waals surface area contributed by atoms with Gasteiger partial charge in [0, 0.05) is 5.02 Å². The highest BCUT2D eigenvalue weighted by molar-refractivity contribution is 8.03. The fourth-order valence-corrected chi connectivity index (χ4v) is 5.11. The number of allylic oxidation sites excluding steroid dienone is 1. The summed E-state index contributed by atoms with van der Waals surface area (Å²) in [7, 11) is 0. The summed E-state index contributed by atoms with van der Waals surface area (Å²) in [6, 6.07) is 19.6. The molecule has 0 aliphatic carbocycles. The van der Waals surface area contributed by atoms with E-state index < -0.39 is 11.9 Å². The van der Waals surface area contributed by atoms with Gasteiger partial charge in [0.05, 0.1) is 63.2 Å². The number of thioether (sulfide) groups is 1. The summed E-state index contributed by atoms with van der Waals surface area (Å²) in [6.45, 7) is 1.88. The van der Waals surface area contributed by atoms with Crippen LogP contribution < -0.4 is 10.6 Å². The van der Waals surface area contributed by atoms with Gasteiger partial charge in [-0.25, -0.2) is 4.79 Å². The van der Waals surface area contributed by atoms with Crippen LogP contribution >= 0.6 is 35.0 Å². The van der Waals surface area contributed by atoms with E-state index in [0.29, 0.717) is 32.2 Å². The first-order valence-corrected chi connectivity index (χ1v) is 13.0. The summed E-state index contributed by atoms with van der Waals surface area (Å²) in [5.74, 6) is -1.36. The molecule has 0 bridgehead atoms. The minimum atomic E-state index is -0.827. The van der Waals surface area contributed by atoms with Crippen LogP contribution in [0.5, 0.6) is 0 Å². The minimum absolute atomic E-state index is 0.0336. The zero-order valence-electron chi connectivity index (χ0n) is 19.6. The number of anilines is 1. The summed E-state index contributed by atoms with van der Waals surface area (Å²) in [6.07, 6.45) is 1.48. The summed E-state index contributed by atoms with van der Waals surface area (Å²) >= 11 is 13.2. The molecule has 1 atom stereocenters. The van der Waals surface area contributed by atoms with Crippen LogP contribution in [-0.4, -0.2) is 24.2 Å². The molecule has 0 spiro atoms.